The summed E-state index contributed by atoms with van der Waals surface area (Å²) in [6, 6.07) is 6.63. The number of carboxylic acids is 2. The maximum absolute atomic E-state index is 12.3. The molecule has 0 saturated carbocycles. The molecule has 4 N–H and O–H groups in total. The fraction of sp³-hybridized carbons (Fsp3) is 0.263. The molecule has 0 fully saturated rings. The van der Waals surface area contributed by atoms with Crippen LogP contribution in [0.2, 0.25) is 0 Å². The van der Waals surface area contributed by atoms with Gasteiger partial charge in [-0.3, -0.25) is 9.59 Å². The van der Waals surface area contributed by atoms with Gasteiger partial charge < -0.3 is 30.3 Å². The largest absolute Gasteiger partial charge is 0.497 e. The molecule has 10 nitrogen and oxygen atoms in total. The molecule has 1 aromatic heterocycles. The third-order valence-electron chi connectivity index (χ3n) is 4.43. The Bertz CT molecular complexity index is 1020. The molecule has 158 valence electrons. The second kappa shape index (κ2) is 8.93. The van der Waals surface area contributed by atoms with Crippen molar-refractivity contribution in [3.63, 3.8) is 0 Å². The predicted molar refractivity (Wildman–Crippen MR) is 105 cm³/mol. The minimum Gasteiger partial charge on any atom is -0.497 e. The molecule has 1 atom stereocenters. The average molecular weight is 434 g/mol. The highest BCUT2D eigenvalue weighted by Crippen LogP contribution is 2.37. The molecule has 2 amide bonds. The van der Waals surface area contributed by atoms with E-state index >= 15 is 0 Å². The molecule has 1 aliphatic heterocycles. The van der Waals surface area contributed by atoms with Gasteiger partial charge in [0.05, 0.1) is 25.4 Å². The van der Waals surface area contributed by atoms with E-state index in [0.29, 0.717) is 21.8 Å². The molecule has 0 radical (unpaired) electrons. The maximum atomic E-state index is 12.3. The molecule has 0 spiro atoms. The molecule has 2 heterocycles. The molecule has 0 saturated heterocycles. The number of aromatic carboxylic acids is 1. The quantitative estimate of drug-likeness (QED) is 0.497. The Labute approximate surface area is 174 Å². The SMILES string of the molecule is COc1cccc(C(=O)NCC2Cc3c(sc(NC(=O)C(=O)O)c3C(=O)O)CO2)c1. The number of aliphatic carboxylic acids is 1. The third-order valence-corrected chi connectivity index (χ3v) is 5.55. The number of carboxylic acid groups (broad SMARTS) is 2. The lowest BCUT2D eigenvalue weighted by atomic mass is 10.0. The summed E-state index contributed by atoms with van der Waals surface area (Å²) in [6.07, 6.45) is -0.294. The van der Waals surface area contributed by atoms with Gasteiger partial charge in [-0.2, -0.15) is 0 Å². The van der Waals surface area contributed by atoms with Crippen LogP contribution in [0.3, 0.4) is 0 Å². The number of fused-ring (bicyclic) bond motifs is 1. The molecule has 1 aromatic carbocycles. The van der Waals surface area contributed by atoms with E-state index in [4.69, 9.17) is 14.6 Å². The lowest BCUT2D eigenvalue weighted by Gasteiger charge is -2.23. The predicted octanol–water partition coefficient (Wildman–Crippen LogP) is 1.35. The first-order valence-electron chi connectivity index (χ1n) is 8.76. The number of benzene rings is 1. The number of nitrogens with one attached hydrogen (secondary N) is 2. The van der Waals surface area contributed by atoms with Crippen LogP contribution < -0.4 is 15.4 Å². The summed E-state index contributed by atoms with van der Waals surface area (Å²) < 4.78 is 10.8. The van der Waals surface area contributed by atoms with Gasteiger partial charge in [0.25, 0.3) is 5.91 Å². The third kappa shape index (κ3) is 4.58. The summed E-state index contributed by atoms with van der Waals surface area (Å²) in [5.41, 5.74) is 0.711. The zero-order chi connectivity index (χ0) is 21.8. The summed E-state index contributed by atoms with van der Waals surface area (Å²) in [4.78, 5) is 46.8. The Hall–Kier alpha value is -3.44. The fourth-order valence-corrected chi connectivity index (χ4v) is 4.14. The van der Waals surface area contributed by atoms with Gasteiger partial charge in [-0.1, -0.05) is 6.07 Å². The Balaban J connectivity index is 1.71. The van der Waals surface area contributed by atoms with Crippen LogP contribution in [0.15, 0.2) is 24.3 Å². The lowest BCUT2D eigenvalue weighted by molar-refractivity contribution is -0.147. The van der Waals surface area contributed by atoms with Crippen molar-refractivity contribution in [1.82, 2.24) is 5.32 Å². The first-order valence-corrected chi connectivity index (χ1v) is 9.57. The summed E-state index contributed by atoms with van der Waals surface area (Å²) >= 11 is 0.961. The number of carbonyl (C=O) groups is 4. The number of ether oxygens (including phenoxy) is 2. The summed E-state index contributed by atoms with van der Waals surface area (Å²) in [5, 5.41) is 23.1. The van der Waals surface area contributed by atoms with E-state index in [9.17, 15) is 24.3 Å². The van der Waals surface area contributed by atoms with E-state index in [-0.39, 0.29) is 36.0 Å². The van der Waals surface area contributed by atoms with Crippen LogP contribution in [0.5, 0.6) is 5.75 Å². The van der Waals surface area contributed by atoms with E-state index < -0.39 is 23.9 Å². The van der Waals surface area contributed by atoms with Crippen molar-refractivity contribution in [3.8, 4) is 5.75 Å². The van der Waals surface area contributed by atoms with Crippen molar-refractivity contribution in [2.75, 3.05) is 19.0 Å². The number of anilines is 1. The van der Waals surface area contributed by atoms with Crippen LogP contribution in [-0.2, 0) is 27.4 Å². The van der Waals surface area contributed by atoms with E-state index in [0.717, 1.165) is 11.3 Å². The number of amides is 2. The number of hydrogen-bond donors (Lipinski definition) is 4. The van der Waals surface area contributed by atoms with Gasteiger partial charge >= 0.3 is 17.8 Å². The maximum Gasteiger partial charge on any atom is 0.394 e. The average Bonchev–Trinajstić information content (AvgIpc) is 3.09. The minimum atomic E-state index is -1.72. The Kier molecular flexibility index (Phi) is 6.33. The second-order valence-electron chi connectivity index (χ2n) is 6.35. The van der Waals surface area contributed by atoms with E-state index in [1.807, 2.05) is 0 Å². The van der Waals surface area contributed by atoms with Crippen molar-refractivity contribution >= 4 is 40.1 Å². The number of carbonyl (C=O) groups excluding carboxylic acids is 2. The normalized spacial score (nSPS) is 15.0. The molecule has 2 aromatic rings. The summed E-state index contributed by atoms with van der Waals surface area (Å²) in [5.74, 6) is -4.11. The van der Waals surface area contributed by atoms with Crippen LogP contribution in [0.25, 0.3) is 0 Å². The van der Waals surface area contributed by atoms with Crippen LogP contribution in [-0.4, -0.2) is 53.7 Å². The van der Waals surface area contributed by atoms with E-state index in [1.165, 1.54) is 7.11 Å². The van der Waals surface area contributed by atoms with Crippen molar-refractivity contribution in [1.29, 1.82) is 0 Å². The second-order valence-corrected chi connectivity index (χ2v) is 7.46. The number of methoxy groups -OCH3 is 1. The van der Waals surface area contributed by atoms with Crippen molar-refractivity contribution < 1.29 is 38.9 Å². The Morgan fingerprint density at radius 3 is 2.70 bits per heavy atom. The zero-order valence-corrected chi connectivity index (χ0v) is 16.6. The Morgan fingerprint density at radius 1 is 1.27 bits per heavy atom. The lowest BCUT2D eigenvalue weighted by Crippen LogP contribution is -2.36. The van der Waals surface area contributed by atoms with Crippen molar-refractivity contribution in [2.24, 2.45) is 0 Å². The van der Waals surface area contributed by atoms with Gasteiger partial charge in [-0.15, -0.1) is 11.3 Å². The van der Waals surface area contributed by atoms with Gasteiger partial charge in [0.15, 0.2) is 0 Å². The van der Waals surface area contributed by atoms with Gasteiger partial charge in [0, 0.05) is 23.4 Å². The molecule has 0 bridgehead atoms. The molecule has 30 heavy (non-hydrogen) atoms. The first kappa shape index (κ1) is 21.3. The zero-order valence-electron chi connectivity index (χ0n) is 15.8. The molecular weight excluding hydrogens is 416 g/mol. The molecule has 11 heteroatoms. The molecule has 0 aliphatic carbocycles. The van der Waals surface area contributed by atoms with Gasteiger partial charge in [-0.05, 0) is 23.8 Å². The van der Waals surface area contributed by atoms with Crippen LogP contribution in [0.1, 0.15) is 31.2 Å². The number of hydrogen-bond acceptors (Lipinski definition) is 7. The molecule has 1 aliphatic rings. The summed E-state index contributed by atoms with van der Waals surface area (Å²) in [7, 11) is 1.50. The van der Waals surface area contributed by atoms with Crippen molar-refractivity contribution in [3.05, 3.63) is 45.8 Å². The topological polar surface area (TPSA) is 151 Å². The van der Waals surface area contributed by atoms with Crippen LogP contribution in [0, 0.1) is 0 Å². The standard InChI is InChI=1S/C19H18N2O8S/c1-28-10-4-2-3-9(5-10)15(22)20-7-11-6-12-13(8-29-11)30-17(14(12)18(24)25)21-16(23)19(26)27/h2-5,11H,6-8H2,1H3,(H,20,22)(H,21,23)(H,24,25)(H,26,27). The number of thiophene rings is 1. The van der Waals surface area contributed by atoms with E-state index in [2.05, 4.69) is 10.6 Å². The Morgan fingerprint density at radius 2 is 2.03 bits per heavy atom. The number of rotatable bonds is 6. The first-order chi connectivity index (χ1) is 14.3. The fourth-order valence-electron chi connectivity index (χ4n) is 3.00. The van der Waals surface area contributed by atoms with E-state index in [1.54, 1.807) is 24.3 Å². The highest BCUT2D eigenvalue weighted by molar-refractivity contribution is 7.17. The minimum absolute atomic E-state index is 0.0513. The summed E-state index contributed by atoms with van der Waals surface area (Å²) in [6.45, 7) is 0.226. The van der Waals surface area contributed by atoms with Gasteiger partial charge in [-0.25, -0.2) is 9.59 Å². The molecular formula is C19H18N2O8S. The van der Waals surface area contributed by atoms with Crippen LogP contribution in [0.4, 0.5) is 5.00 Å². The monoisotopic (exact) mass is 434 g/mol. The molecule has 1 unspecified atom stereocenters. The molecule has 3 rings (SSSR count). The van der Waals surface area contributed by atoms with Crippen molar-refractivity contribution in [2.45, 2.75) is 19.1 Å². The smallest absolute Gasteiger partial charge is 0.394 e. The van der Waals surface area contributed by atoms with Gasteiger partial charge in [0.1, 0.15) is 10.8 Å². The van der Waals surface area contributed by atoms with Crippen LogP contribution >= 0.6 is 11.3 Å². The highest BCUT2D eigenvalue weighted by Gasteiger charge is 2.31. The van der Waals surface area contributed by atoms with Gasteiger partial charge in [0.2, 0.25) is 0 Å². The highest BCUT2D eigenvalue weighted by atomic mass is 32.1.